The first-order chi connectivity index (χ1) is 16.4. The molecule has 2 aromatic carbocycles. The second-order valence-electron chi connectivity index (χ2n) is 8.39. The number of nitro benzene ring substituents is 1. The molecule has 180 valence electrons. The molecule has 0 atom stereocenters. The van der Waals surface area contributed by atoms with E-state index < -0.39 is 11.0 Å². The molecule has 1 saturated heterocycles. The van der Waals surface area contributed by atoms with Gasteiger partial charge in [-0.3, -0.25) is 14.9 Å². The molecule has 0 saturated carbocycles. The molecular formula is C24H27N3O7. The molecule has 0 spiro atoms. The lowest BCUT2D eigenvalue weighted by Crippen LogP contribution is -2.45. The number of rotatable bonds is 7. The van der Waals surface area contributed by atoms with Crippen LogP contribution in [0.25, 0.3) is 0 Å². The van der Waals surface area contributed by atoms with E-state index in [4.69, 9.17) is 14.2 Å². The fourth-order valence-electron chi connectivity index (χ4n) is 4.62. The highest BCUT2D eigenvalue weighted by Crippen LogP contribution is 2.35. The maximum Gasteiger partial charge on any atom is 0.429 e. The number of hydrogen-bond acceptors (Lipinski definition) is 7. The summed E-state index contributed by atoms with van der Waals surface area (Å²) in [6, 6.07) is 10.8. The lowest BCUT2D eigenvalue weighted by atomic mass is 10.0. The molecule has 0 unspecified atom stereocenters. The van der Waals surface area contributed by atoms with Gasteiger partial charge in [-0.2, -0.15) is 0 Å². The van der Waals surface area contributed by atoms with Crippen molar-refractivity contribution >= 4 is 17.7 Å². The molecule has 34 heavy (non-hydrogen) atoms. The van der Waals surface area contributed by atoms with E-state index in [1.165, 1.54) is 47.5 Å². The molecule has 0 bridgehead atoms. The van der Waals surface area contributed by atoms with Crippen molar-refractivity contribution in [3.8, 4) is 11.5 Å². The normalized spacial score (nSPS) is 15.2. The molecule has 10 heteroatoms. The molecule has 4 rings (SSSR count). The Morgan fingerprint density at radius 3 is 2.26 bits per heavy atom. The zero-order valence-electron chi connectivity index (χ0n) is 19.2. The van der Waals surface area contributed by atoms with E-state index in [1.807, 2.05) is 12.1 Å². The molecule has 0 aromatic heterocycles. The zero-order valence-corrected chi connectivity index (χ0v) is 19.2. The Kier molecular flexibility index (Phi) is 6.85. The van der Waals surface area contributed by atoms with Crippen LogP contribution in [0.4, 0.5) is 10.5 Å². The van der Waals surface area contributed by atoms with Crippen LogP contribution in [0.3, 0.4) is 0 Å². The van der Waals surface area contributed by atoms with E-state index in [9.17, 15) is 19.7 Å². The summed E-state index contributed by atoms with van der Waals surface area (Å²) >= 11 is 0. The van der Waals surface area contributed by atoms with Crippen LogP contribution in [0.15, 0.2) is 36.4 Å². The quantitative estimate of drug-likeness (QED) is 0.451. The maximum absolute atomic E-state index is 13.0. The summed E-state index contributed by atoms with van der Waals surface area (Å²) in [4.78, 5) is 36.7. The van der Waals surface area contributed by atoms with E-state index in [0.717, 1.165) is 12.8 Å². The number of hydrazine groups is 1. The summed E-state index contributed by atoms with van der Waals surface area (Å²) in [5.41, 5.74) is 2.46. The van der Waals surface area contributed by atoms with Gasteiger partial charge in [0.1, 0.15) is 6.61 Å². The zero-order chi connectivity index (χ0) is 24.2. The average molecular weight is 469 g/mol. The van der Waals surface area contributed by atoms with Gasteiger partial charge in [0.2, 0.25) is 5.91 Å². The lowest BCUT2D eigenvalue weighted by molar-refractivity contribution is -0.385. The fraction of sp³-hybridized carbons (Fsp3) is 0.417. The minimum atomic E-state index is -0.718. The summed E-state index contributed by atoms with van der Waals surface area (Å²) in [7, 11) is 2.79. The van der Waals surface area contributed by atoms with Gasteiger partial charge in [-0.25, -0.2) is 14.8 Å². The van der Waals surface area contributed by atoms with Gasteiger partial charge in [0.05, 0.1) is 30.8 Å². The highest BCUT2D eigenvalue weighted by Gasteiger charge is 2.34. The Balaban J connectivity index is 1.39. The molecule has 10 nitrogen and oxygen atoms in total. The SMILES string of the molecule is COc1cc(COC(=O)N2CCCN2C(=O)CC2Cc3ccccc3C2)c([N+](=O)[O-])cc1OC. The smallest absolute Gasteiger partial charge is 0.429 e. The van der Waals surface area contributed by atoms with E-state index in [0.29, 0.717) is 25.9 Å². The third kappa shape index (κ3) is 4.75. The highest BCUT2D eigenvalue weighted by molar-refractivity contribution is 5.80. The molecule has 2 aromatic rings. The van der Waals surface area contributed by atoms with Crippen LogP contribution in [-0.4, -0.2) is 54.3 Å². The van der Waals surface area contributed by atoms with Gasteiger partial charge in [-0.15, -0.1) is 0 Å². The van der Waals surface area contributed by atoms with Crippen molar-refractivity contribution in [3.63, 3.8) is 0 Å². The van der Waals surface area contributed by atoms with Crippen LogP contribution in [-0.2, 0) is 29.0 Å². The molecule has 1 heterocycles. The summed E-state index contributed by atoms with van der Waals surface area (Å²) < 4.78 is 15.7. The highest BCUT2D eigenvalue weighted by atomic mass is 16.6. The molecule has 1 fully saturated rings. The lowest BCUT2D eigenvalue weighted by Gasteiger charge is -2.28. The van der Waals surface area contributed by atoms with Gasteiger partial charge in [-0.1, -0.05) is 24.3 Å². The first-order valence-electron chi connectivity index (χ1n) is 11.1. The molecular weight excluding hydrogens is 442 g/mol. The van der Waals surface area contributed by atoms with Crippen molar-refractivity contribution in [2.45, 2.75) is 32.3 Å². The van der Waals surface area contributed by atoms with Gasteiger partial charge < -0.3 is 14.2 Å². The van der Waals surface area contributed by atoms with Crippen molar-refractivity contribution in [3.05, 3.63) is 63.2 Å². The van der Waals surface area contributed by atoms with Crippen LogP contribution in [0.1, 0.15) is 29.5 Å². The topological polar surface area (TPSA) is 111 Å². The summed E-state index contributed by atoms with van der Waals surface area (Å²) in [5.74, 6) is 0.575. The summed E-state index contributed by atoms with van der Waals surface area (Å²) in [5, 5.41) is 14.2. The van der Waals surface area contributed by atoms with Gasteiger partial charge in [0, 0.05) is 19.5 Å². The largest absolute Gasteiger partial charge is 0.493 e. The van der Waals surface area contributed by atoms with Gasteiger partial charge in [-0.05, 0) is 42.4 Å². The van der Waals surface area contributed by atoms with E-state index in [2.05, 4.69) is 12.1 Å². The van der Waals surface area contributed by atoms with Gasteiger partial charge in [0.15, 0.2) is 11.5 Å². The number of nitro groups is 1. The Bertz CT molecular complexity index is 1080. The summed E-state index contributed by atoms with van der Waals surface area (Å²) in [6.45, 7) is 0.444. The number of fused-ring (bicyclic) bond motifs is 1. The third-order valence-electron chi connectivity index (χ3n) is 6.26. The first-order valence-corrected chi connectivity index (χ1v) is 11.1. The molecule has 1 aliphatic heterocycles. The molecule has 1 aliphatic carbocycles. The van der Waals surface area contributed by atoms with Crippen LogP contribution >= 0.6 is 0 Å². The van der Waals surface area contributed by atoms with E-state index in [-0.39, 0.29) is 41.2 Å². The van der Waals surface area contributed by atoms with Crippen LogP contribution in [0.2, 0.25) is 0 Å². The Labute approximate surface area is 197 Å². The summed E-state index contributed by atoms with van der Waals surface area (Å²) in [6.07, 6.45) is 1.97. The van der Waals surface area contributed by atoms with Crippen molar-refractivity contribution in [2.75, 3.05) is 27.3 Å². The number of ether oxygens (including phenoxy) is 3. The van der Waals surface area contributed by atoms with Gasteiger partial charge in [0.25, 0.3) is 5.69 Å². The van der Waals surface area contributed by atoms with E-state index >= 15 is 0 Å². The number of amides is 2. The molecule has 2 aliphatic rings. The average Bonchev–Trinajstić information content (AvgIpc) is 3.48. The molecule has 0 N–H and O–H groups in total. The van der Waals surface area contributed by atoms with Crippen LogP contribution < -0.4 is 9.47 Å². The monoisotopic (exact) mass is 469 g/mol. The number of hydrogen-bond donors (Lipinski definition) is 0. The van der Waals surface area contributed by atoms with Crippen molar-refractivity contribution in [1.82, 2.24) is 10.0 Å². The maximum atomic E-state index is 13.0. The second-order valence-corrected chi connectivity index (χ2v) is 8.39. The van der Waals surface area contributed by atoms with Crippen molar-refractivity contribution in [2.24, 2.45) is 5.92 Å². The Morgan fingerprint density at radius 2 is 1.65 bits per heavy atom. The van der Waals surface area contributed by atoms with E-state index in [1.54, 1.807) is 0 Å². The second kappa shape index (κ2) is 9.98. The number of carbonyl (C=O) groups excluding carboxylic acids is 2. The minimum Gasteiger partial charge on any atom is -0.493 e. The number of nitrogens with zero attached hydrogens (tertiary/aromatic N) is 3. The molecule has 2 amide bonds. The predicted molar refractivity (Wildman–Crippen MR) is 121 cm³/mol. The minimum absolute atomic E-state index is 0.121. The number of carbonyl (C=O) groups is 2. The number of benzene rings is 2. The van der Waals surface area contributed by atoms with Crippen LogP contribution in [0.5, 0.6) is 11.5 Å². The molecule has 0 radical (unpaired) electrons. The third-order valence-corrected chi connectivity index (χ3v) is 6.26. The predicted octanol–water partition coefficient (Wildman–Crippen LogP) is 3.50. The van der Waals surface area contributed by atoms with Crippen LogP contribution in [0, 0.1) is 16.0 Å². The first kappa shape index (κ1) is 23.3. The van der Waals surface area contributed by atoms with Gasteiger partial charge >= 0.3 is 6.09 Å². The van der Waals surface area contributed by atoms with Crippen molar-refractivity contribution < 1.29 is 28.7 Å². The standard InChI is InChI=1S/C24H27N3O7/c1-32-21-13-19(20(27(30)31)14-22(21)33-2)15-34-24(29)26-9-5-8-25(26)23(28)12-16-10-17-6-3-4-7-18(17)11-16/h3-4,6-7,13-14,16H,5,8-12,15H2,1-2H3. The Hall–Kier alpha value is -3.82. The van der Waals surface area contributed by atoms with Crippen molar-refractivity contribution in [1.29, 1.82) is 0 Å². The number of methoxy groups -OCH3 is 2. The fourth-order valence-corrected chi connectivity index (χ4v) is 4.62. The Morgan fingerprint density at radius 1 is 1.03 bits per heavy atom.